The SMILES string of the molecule is COc1cc(OC)nc(NCc2cc(CC(C)C)no2)n1. The van der Waals surface area contributed by atoms with E-state index < -0.39 is 0 Å². The van der Waals surface area contributed by atoms with Gasteiger partial charge in [-0.15, -0.1) is 0 Å². The van der Waals surface area contributed by atoms with Crippen molar-refractivity contribution in [1.29, 1.82) is 0 Å². The van der Waals surface area contributed by atoms with Crippen LogP contribution in [-0.4, -0.2) is 29.3 Å². The lowest BCUT2D eigenvalue weighted by Crippen LogP contribution is -2.05. The number of hydrogen-bond acceptors (Lipinski definition) is 7. The zero-order valence-electron chi connectivity index (χ0n) is 12.7. The molecule has 0 aliphatic carbocycles. The van der Waals surface area contributed by atoms with Gasteiger partial charge in [-0.3, -0.25) is 0 Å². The van der Waals surface area contributed by atoms with Gasteiger partial charge in [0.05, 0.1) is 32.5 Å². The molecule has 0 bridgehead atoms. The number of rotatable bonds is 7. The van der Waals surface area contributed by atoms with E-state index in [9.17, 15) is 0 Å². The highest BCUT2D eigenvalue weighted by Gasteiger charge is 2.08. The van der Waals surface area contributed by atoms with Crippen LogP contribution in [0.25, 0.3) is 0 Å². The molecule has 2 heterocycles. The van der Waals surface area contributed by atoms with Gasteiger partial charge in [-0.25, -0.2) is 0 Å². The van der Waals surface area contributed by atoms with Crippen LogP contribution >= 0.6 is 0 Å². The Kier molecular flexibility index (Phi) is 4.97. The van der Waals surface area contributed by atoms with Crippen molar-refractivity contribution in [3.05, 3.63) is 23.6 Å². The van der Waals surface area contributed by atoms with Crippen LogP contribution < -0.4 is 14.8 Å². The van der Waals surface area contributed by atoms with Gasteiger partial charge in [-0.2, -0.15) is 9.97 Å². The molecule has 7 heteroatoms. The summed E-state index contributed by atoms with van der Waals surface area (Å²) in [6.07, 6.45) is 0.896. The third kappa shape index (κ3) is 4.34. The molecular formula is C14H20N4O3. The van der Waals surface area contributed by atoms with Gasteiger partial charge in [0.25, 0.3) is 0 Å². The maximum absolute atomic E-state index is 5.27. The summed E-state index contributed by atoms with van der Waals surface area (Å²) >= 11 is 0. The first kappa shape index (κ1) is 15.1. The maximum atomic E-state index is 5.27. The number of nitrogens with zero attached hydrogens (tertiary/aromatic N) is 3. The Morgan fingerprint density at radius 2 is 1.81 bits per heavy atom. The molecule has 0 aromatic carbocycles. The quantitative estimate of drug-likeness (QED) is 0.838. The summed E-state index contributed by atoms with van der Waals surface area (Å²) < 4.78 is 15.5. The van der Waals surface area contributed by atoms with Gasteiger partial charge in [-0.05, 0) is 12.3 Å². The maximum Gasteiger partial charge on any atom is 0.229 e. The van der Waals surface area contributed by atoms with Crippen molar-refractivity contribution >= 4 is 5.95 Å². The fourth-order valence-electron chi connectivity index (χ4n) is 1.81. The third-order valence-electron chi connectivity index (χ3n) is 2.74. The number of ether oxygens (including phenoxy) is 2. The van der Waals surface area contributed by atoms with Gasteiger partial charge in [0.1, 0.15) is 0 Å². The first-order valence-electron chi connectivity index (χ1n) is 6.76. The minimum atomic E-state index is 0.410. The molecule has 0 amide bonds. The monoisotopic (exact) mass is 292 g/mol. The molecule has 7 nitrogen and oxygen atoms in total. The molecule has 0 spiro atoms. The van der Waals surface area contributed by atoms with Gasteiger partial charge in [0.15, 0.2) is 5.76 Å². The lowest BCUT2D eigenvalue weighted by Gasteiger charge is -2.06. The zero-order chi connectivity index (χ0) is 15.2. The van der Waals surface area contributed by atoms with Crippen molar-refractivity contribution in [3.63, 3.8) is 0 Å². The first-order valence-corrected chi connectivity index (χ1v) is 6.76. The predicted octanol–water partition coefficient (Wildman–Crippen LogP) is 2.29. The lowest BCUT2D eigenvalue weighted by molar-refractivity contribution is 0.370. The number of aromatic nitrogens is 3. The van der Waals surface area contributed by atoms with Gasteiger partial charge >= 0.3 is 0 Å². The van der Waals surface area contributed by atoms with Crippen molar-refractivity contribution in [2.75, 3.05) is 19.5 Å². The molecule has 0 fully saturated rings. The summed E-state index contributed by atoms with van der Waals surface area (Å²) in [7, 11) is 3.08. The van der Waals surface area contributed by atoms with Crippen LogP contribution in [0.4, 0.5) is 5.95 Å². The van der Waals surface area contributed by atoms with Crippen LogP contribution in [0.15, 0.2) is 16.7 Å². The van der Waals surface area contributed by atoms with E-state index in [0.29, 0.717) is 30.2 Å². The van der Waals surface area contributed by atoms with Crippen LogP contribution in [0.2, 0.25) is 0 Å². The highest BCUT2D eigenvalue weighted by Crippen LogP contribution is 2.18. The van der Waals surface area contributed by atoms with Crippen LogP contribution in [0.5, 0.6) is 11.8 Å². The molecule has 0 aliphatic rings. The normalized spacial score (nSPS) is 10.7. The fraction of sp³-hybridized carbons (Fsp3) is 0.500. The number of methoxy groups -OCH3 is 2. The number of anilines is 1. The molecule has 2 rings (SSSR count). The summed E-state index contributed by atoms with van der Waals surface area (Å²) in [4.78, 5) is 8.37. The molecule has 0 aliphatic heterocycles. The Bertz CT molecular complexity index is 561. The standard InChI is InChI=1S/C14H20N4O3/c1-9(2)5-10-6-11(21-18-10)8-15-14-16-12(19-3)7-13(17-14)20-4/h6-7,9H,5,8H2,1-4H3,(H,15,16,17). The van der Waals surface area contributed by atoms with E-state index in [1.54, 1.807) is 20.3 Å². The highest BCUT2D eigenvalue weighted by atomic mass is 16.5. The van der Waals surface area contributed by atoms with Crippen LogP contribution in [0.1, 0.15) is 25.3 Å². The van der Waals surface area contributed by atoms with E-state index in [-0.39, 0.29) is 0 Å². The Morgan fingerprint density at radius 1 is 1.14 bits per heavy atom. The molecule has 114 valence electrons. The van der Waals surface area contributed by atoms with Crippen LogP contribution in [0.3, 0.4) is 0 Å². The second-order valence-corrected chi connectivity index (χ2v) is 5.01. The molecule has 0 radical (unpaired) electrons. The molecule has 0 unspecified atom stereocenters. The second kappa shape index (κ2) is 6.92. The van der Waals surface area contributed by atoms with Crippen molar-refractivity contribution in [1.82, 2.24) is 15.1 Å². The van der Waals surface area contributed by atoms with Crippen LogP contribution in [-0.2, 0) is 13.0 Å². The first-order chi connectivity index (χ1) is 10.1. The summed E-state index contributed by atoms with van der Waals surface area (Å²) in [6.45, 7) is 4.73. The minimum Gasteiger partial charge on any atom is -0.481 e. The Morgan fingerprint density at radius 3 is 2.38 bits per heavy atom. The van der Waals surface area contributed by atoms with Crippen molar-refractivity contribution in [2.45, 2.75) is 26.8 Å². The topological polar surface area (TPSA) is 82.3 Å². The van der Waals surface area contributed by atoms with Gasteiger partial charge in [0, 0.05) is 6.07 Å². The Balaban J connectivity index is 2.00. The Hall–Kier alpha value is -2.31. The predicted molar refractivity (Wildman–Crippen MR) is 77.5 cm³/mol. The molecule has 2 aromatic rings. The Labute approximate surface area is 123 Å². The number of hydrogen-bond donors (Lipinski definition) is 1. The van der Waals surface area contributed by atoms with Gasteiger partial charge < -0.3 is 19.3 Å². The van der Waals surface area contributed by atoms with Gasteiger partial charge in [0.2, 0.25) is 17.7 Å². The summed E-state index contributed by atoms with van der Waals surface area (Å²) in [5.41, 5.74) is 0.950. The highest BCUT2D eigenvalue weighted by molar-refractivity contribution is 5.34. The third-order valence-corrected chi connectivity index (χ3v) is 2.74. The van der Waals surface area contributed by atoms with E-state index in [0.717, 1.165) is 17.9 Å². The van der Waals surface area contributed by atoms with E-state index in [1.807, 2.05) is 6.07 Å². The van der Waals surface area contributed by atoms with E-state index >= 15 is 0 Å². The van der Waals surface area contributed by atoms with E-state index in [1.165, 1.54) is 0 Å². The van der Waals surface area contributed by atoms with Crippen LogP contribution in [0, 0.1) is 5.92 Å². The minimum absolute atomic E-state index is 0.410. The largest absolute Gasteiger partial charge is 0.481 e. The van der Waals surface area contributed by atoms with Crippen molar-refractivity contribution in [2.24, 2.45) is 5.92 Å². The molecule has 2 aromatic heterocycles. The van der Waals surface area contributed by atoms with Crippen molar-refractivity contribution < 1.29 is 14.0 Å². The fourth-order valence-corrected chi connectivity index (χ4v) is 1.81. The molecular weight excluding hydrogens is 272 g/mol. The summed E-state index contributed by atoms with van der Waals surface area (Å²) in [6, 6.07) is 3.55. The summed E-state index contributed by atoms with van der Waals surface area (Å²) in [5.74, 6) is 2.55. The average Bonchev–Trinajstić information content (AvgIpc) is 2.91. The smallest absolute Gasteiger partial charge is 0.229 e. The van der Waals surface area contributed by atoms with Crippen molar-refractivity contribution in [3.8, 4) is 11.8 Å². The van der Waals surface area contributed by atoms with Gasteiger partial charge in [-0.1, -0.05) is 19.0 Å². The molecule has 0 atom stereocenters. The zero-order valence-corrected chi connectivity index (χ0v) is 12.7. The number of nitrogens with one attached hydrogen (secondary N) is 1. The second-order valence-electron chi connectivity index (χ2n) is 5.01. The molecule has 0 saturated carbocycles. The van der Waals surface area contributed by atoms with E-state index in [4.69, 9.17) is 14.0 Å². The molecule has 1 N–H and O–H groups in total. The molecule has 21 heavy (non-hydrogen) atoms. The molecule has 0 saturated heterocycles. The average molecular weight is 292 g/mol. The summed E-state index contributed by atoms with van der Waals surface area (Å²) in [5, 5.41) is 7.09. The van der Waals surface area contributed by atoms with E-state index in [2.05, 4.69) is 34.3 Å². The lowest BCUT2D eigenvalue weighted by atomic mass is 10.1.